The number of aromatic hydroxyl groups is 2. The zero-order chi connectivity index (χ0) is 14.8. The van der Waals surface area contributed by atoms with E-state index < -0.39 is 0 Å². The molecule has 0 bridgehead atoms. The summed E-state index contributed by atoms with van der Waals surface area (Å²) < 4.78 is 0. The quantitative estimate of drug-likeness (QED) is 0.390. The second kappa shape index (κ2) is 5.17. The molecule has 0 saturated carbocycles. The fraction of sp³-hybridized carbons (Fsp3) is 0. The van der Waals surface area contributed by atoms with Gasteiger partial charge in [0.1, 0.15) is 11.5 Å². The van der Waals surface area contributed by atoms with Gasteiger partial charge in [0, 0.05) is 17.1 Å². The van der Waals surface area contributed by atoms with Crippen molar-refractivity contribution in [3.8, 4) is 11.5 Å². The van der Waals surface area contributed by atoms with Crippen LogP contribution in [0.3, 0.4) is 0 Å². The number of fused-ring (bicyclic) bond motifs is 1. The van der Waals surface area contributed by atoms with E-state index in [9.17, 15) is 15.0 Å². The van der Waals surface area contributed by atoms with Crippen molar-refractivity contribution < 1.29 is 15.0 Å². The minimum atomic E-state index is -0.367. The first kappa shape index (κ1) is 13.0. The van der Waals surface area contributed by atoms with E-state index in [1.807, 2.05) is 30.5 Å². The smallest absolute Gasteiger partial charge is 0.189 e. The van der Waals surface area contributed by atoms with Gasteiger partial charge in [-0.3, -0.25) is 4.79 Å². The number of H-pyrrole nitrogens is 1. The lowest BCUT2D eigenvalue weighted by molar-refractivity contribution is 0.104. The summed E-state index contributed by atoms with van der Waals surface area (Å²) >= 11 is 0. The number of carbonyl (C=O) groups is 1. The number of hydrogen-bond donors (Lipinski definition) is 3. The lowest BCUT2D eigenvalue weighted by Crippen LogP contribution is -1.94. The van der Waals surface area contributed by atoms with E-state index in [1.54, 1.807) is 6.08 Å². The standard InChI is InChI=1S/C17H13NO3/c19-12-6-8-17(21)14(9-12)16(20)7-5-11-10-18-15-4-2-1-3-13(11)15/h1-10,18-19,21H/b7-5+. The number of allylic oxidation sites excluding steroid dienone is 1. The molecule has 4 nitrogen and oxygen atoms in total. The maximum absolute atomic E-state index is 12.1. The second-order valence-corrected chi connectivity index (χ2v) is 4.69. The first-order valence-electron chi connectivity index (χ1n) is 6.45. The summed E-state index contributed by atoms with van der Waals surface area (Å²) in [6.45, 7) is 0. The molecule has 1 aromatic heterocycles. The van der Waals surface area contributed by atoms with Gasteiger partial charge >= 0.3 is 0 Å². The van der Waals surface area contributed by atoms with Gasteiger partial charge in [-0.1, -0.05) is 18.2 Å². The second-order valence-electron chi connectivity index (χ2n) is 4.69. The van der Waals surface area contributed by atoms with E-state index in [0.717, 1.165) is 16.5 Å². The Balaban J connectivity index is 1.92. The van der Waals surface area contributed by atoms with Crippen LogP contribution < -0.4 is 0 Å². The lowest BCUT2D eigenvalue weighted by atomic mass is 10.1. The Bertz CT molecular complexity index is 846. The van der Waals surface area contributed by atoms with E-state index >= 15 is 0 Å². The Hall–Kier alpha value is -3.01. The van der Waals surface area contributed by atoms with E-state index in [-0.39, 0.29) is 22.8 Å². The van der Waals surface area contributed by atoms with Crippen molar-refractivity contribution in [1.29, 1.82) is 0 Å². The highest BCUT2D eigenvalue weighted by molar-refractivity contribution is 6.09. The van der Waals surface area contributed by atoms with E-state index in [0.29, 0.717) is 0 Å². The van der Waals surface area contributed by atoms with E-state index in [4.69, 9.17) is 0 Å². The molecule has 21 heavy (non-hydrogen) atoms. The minimum Gasteiger partial charge on any atom is -0.508 e. The average Bonchev–Trinajstić information content (AvgIpc) is 2.90. The van der Waals surface area contributed by atoms with Crippen molar-refractivity contribution in [3.63, 3.8) is 0 Å². The summed E-state index contributed by atoms with van der Waals surface area (Å²) in [5, 5.41) is 20.1. The molecule has 0 saturated heterocycles. The van der Waals surface area contributed by atoms with E-state index in [2.05, 4.69) is 4.98 Å². The number of phenolic OH excluding ortho intramolecular Hbond substituents is 2. The lowest BCUT2D eigenvalue weighted by Gasteiger charge is -2.00. The van der Waals surface area contributed by atoms with Gasteiger partial charge in [0.25, 0.3) is 0 Å². The van der Waals surface area contributed by atoms with Gasteiger partial charge in [-0.05, 0) is 42.0 Å². The molecule has 0 fully saturated rings. The summed E-state index contributed by atoms with van der Waals surface area (Å²) in [7, 11) is 0. The largest absolute Gasteiger partial charge is 0.508 e. The van der Waals surface area contributed by atoms with Crippen LogP contribution in [0.5, 0.6) is 11.5 Å². The van der Waals surface area contributed by atoms with Gasteiger partial charge in [0.2, 0.25) is 0 Å². The molecule has 0 radical (unpaired) electrons. The number of carbonyl (C=O) groups excluding carboxylic acids is 1. The van der Waals surface area contributed by atoms with Crippen LogP contribution in [-0.2, 0) is 0 Å². The third-order valence-electron chi connectivity index (χ3n) is 3.28. The Labute approximate surface area is 121 Å². The van der Waals surface area contributed by atoms with Crippen LogP contribution in [-0.4, -0.2) is 21.0 Å². The maximum atomic E-state index is 12.1. The summed E-state index contributed by atoms with van der Waals surface area (Å²) in [6.07, 6.45) is 4.88. The summed E-state index contributed by atoms with van der Waals surface area (Å²) in [4.78, 5) is 15.2. The highest BCUT2D eigenvalue weighted by Gasteiger charge is 2.09. The number of rotatable bonds is 3. The molecular weight excluding hydrogens is 266 g/mol. The number of aromatic nitrogens is 1. The molecule has 4 heteroatoms. The molecule has 3 rings (SSSR count). The first-order valence-corrected chi connectivity index (χ1v) is 6.45. The summed E-state index contributed by atoms with van der Waals surface area (Å²) in [5.74, 6) is -0.577. The Kier molecular flexibility index (Phi) is 3.20. The van der Waals surface area contributed by atoms with Gasteiger partial charge < -0.3 is 15.2 Å². The maximum Gasteiger partial charge on any atom is 0.189 e. The zero-order valence-electron chi connectivity index (χ0n) is 11.1. The van der Waals surface area contributed by atoms with Crippen molar-refractivity contribution in [2.75, 3.05) is 0 Å². The van der Waals surface area contributed by atoms with Gasteiger partial charge in [-0.2, -0.15) is 0 Å². The molecule has 0 aliphatic carbocycles. The molecule has 2 aromatic carbocycles. The van der Waals surface area contributed by atoms with Gasteiger partial charge in [0.05, 0.1) is 5.56 Å². The summed E-state index contributed by atoms with van der Waals surface area (Å²) in [6, 6.07) is 11.6. The van der Waals surface area contributed by atoms with Crippen LogP contribution in [0, 0.1) is 0 Å². The number of aromatic amines is 1. The molecule has 104 valence electrons. The van der Waals surface area contributed by atoms with Crippen molar-refractivity contribution >= 4 is 22.8 Å². The van der Waals surface area contributed by atoms with Crippen molar-refractivity contribution in [2.24, 2.45) is 0 Å². The third-order valence-corrected chi connectivity index (χ3v) is 3.28. The molecule has 3 aromatic rings. The number of phenols is 2. The topological polar surface area (TPSA) is 73.3 Å². The van der Waals surface area contributed by atoms with Gasteiger partial charge in [-0.15, -0.1) is 0 Å². The fourth-order valence-electron chi connectivity index (χ4n) is 2.21. The van der Waals surface area contributed by atoms with Gasteiger partial charge in [-0.25, -0.2) is 0 Å². The number of ketones is 1. The highest BCUT2D eigenvalue weighted by atomic mass is 16.3. The van der Waals surface area contributed by atoms with Crippen LogP contribution >= 0.6 is 0 Å². The van der Waals surface area contributed by atoms with Crippen LogP contribution in [0.2, 0.25) is 0 Å². The Morgan fingerprint density at radius 1 is 1.10 bits per heavy atom. The highest BCUT2D eigenvalue weighted by Crippen LogP contribution is 2.24. The first-order chi connectivity index (χ1) is 10.1. The molecule has 0 amide bonds. The zero-order valence-corrected chi connectivity index (χ0v) is 11.1. The molecule has 0 spiro atoms. The molecule has 3 N–H and O–H groups in total. The van der Waals surface area contributed by atoms with Gasteiger partial charge in [0.15, 0.2) is 5.78 Å². The predicted molar refractivity (Wildman–Crippen MR) is 81.4 cm³/mol. The normalized spacial score (nSPS) is 11.2. The van der Waals surface area contributed by atoms with Crippen molar-refractivity contribution in [2.45, 2.75) is 0 Å². The fourth-order valence-corrected chi connectivity index (χ4v) is 2.21. The molecule has 0 aliphatic heterocycles. The van der Waals surface area contributed by atoms with E-state index in [1.165, 1.54) is 24.3 Å². The number of benzene rings is 2. The molecule has 0 aliphatic rings. The number of para-hydroxylation sites is 1. The van der Waals surface area contributed by atoms with Crippen LogP contribution in [0.15, 0.2) is 54.7 Å². The SMILES string of the molecule is O=C(/C=C/c1c[nH]c2ccccc12)c1cc(O)ccc1O. The Morgan fingerprint density at radius 3 is 2.76 bits per heavy atom. The molecule has 0 unspecified atom stereocenters. The van der Waals surface area contributed by atoms with Crippen LogP contribution in [0.1, 0.15) is 15.9 Å². The van der Waals surface area contributed by atoms with Crippen molar-refractivity contribution in [3.05, 3.63) is 65.9 Å². The number of nitrogens with one attached hydrogen (secondary N) is 1. The molecular formula is C17H13NO3. The molecule has 1 heterocycles. The summed E-state index contributed by atoms with van der Waals surface area (Å²) in [5.41, 5.74) is 1.95. The monoisotopic (exact) mass is 279 g/mol. The third kappa shape index (κ3) is 2.51. The average molecular weight is 279 g/mol. The number of hydrogen-bond acceptors (Lipinski definition) is 3. The predicted octanol–water partition coefficient (Wildman–Crippen LogP) is 3.48. The minimum absolute atomic E-state index is 0.0587. The molecule has 0 atom stereocenters. The Morgan fingerprint density at radius 2 is 1.90 bits per heavy atom. The van der Waals surface area contributed by atoms with Crippen molar-refractivity contribution in [1.82, 2.24) is 4.98 Å². The van der Waals surface area contributed by atoms with Crippen LogP contribution in [0.25, 0.3) is 17.0 Å². The van der Waals surface area contributed by atoms with Crippen LogP contribution in [0.4, 0.5) is 0 Å².